The molecular weight excluding hydrogens is 452 g/mol. The molecule has 1 aliphatic carbocycles. The van der Waals surface area contributed by atoms with Gasteiger partial charge in [0.1, 0.15) is 0 Å². The van der Waals surface area contributed by atoms with Gasteiger partial charge in [0.2, 0.25) is 10.0 Å². The molecule has 1 heterocycles. The van der Waals surface area contributed by atoms with Gasteiger partial charge in [-0.3, -0.25) is 14.2 Å². The molecule has 1 aliphatic rings. The summed E-state index contributed by atoms with van der Waals surface area (Å²) in [6, 6.07) is 14.6. The van der Waals surface area contributed by atoms with Crippen LogP contribution in [0.2, 0.25) is 5.02 Å². The number of carbonyl (C=O) groups is 1. The molecule has 0 bridgehead atoms. The zero-order valence-corrected chi connectivity index (χ0v) is 18.9. The van der Waals surface area contributed by atoms with Crippen LogP contribution >= 0.6 is 11.6 Å². The maximum absolute atomic E-state index is 12.7. The largest absolute Gasteiger partial charge is 0.371 e. The van der Waals surface area contributed by atoms with Crippen LogP contribution in [0, 0.1) is 0 Å². The Labute approximate surface area is 191 Å². The van der Waals surface area contributed by atoms with Crippen LogP contribution in [0.1, 0.15) is 34.8 Å². The molecule has 168 valence electrons. The van der Waals surface area contributed by atoms with Crippen LogP contribution < -0.4 is 10.0 Å². The number of nitrogens with one attached hydrogen (secondary N) is 2. The first-order valence-corrected chi connectivity index (χ1v) is 12.3. The fraction of sp³-hybridized carbons (Fsp3) is 0.273. The van der Waals surface area contributed by atoms with Gasteiger partial charge >= 0.3 is 0 Å². The molecule has 1 aromatic heterocycles. The Bertz CT molecular complexity index is 1210. The lowest BCUT2D eigenvalue weighted by Crippen LogP contribution is -2.36. The zero-order chi connectivity index (χ0) is 22.7. The fourth-order valence-corrected chi connectivity index (χ4v) is 4.28. The molecule has 3 aromatic rings. The highest BCUT2D eigenvalue weighted by atomic mass is 35.5. The third-order valence-corrected chi connectivity index (χ3v) is 5.97. The number of rotatable bonds is 8. The predicted octanol–water partition coefficient (Wildman–Crippen LogP) is 4.08. The summed E-state index contributed by atoms with van der Waals surface area (Å²) in [6.45, 7) is 0.537. The van der Waals surface area contributed by atoms with Gasteiger partial charge in [-0.15, -0.1) is 0 Å². The number of sulfonamides is 1. The van der Waals surface area contributed by atoms with Crippen LogP contribution in [0.4, 0.5) is 11.4 Å². The van der Waals surface area contributed by atoms with E-state index in [1.165, 1.54) is 24.4 Å². The number of hydrogen-bond acceptors (Lipinski definition) is 5. The molecule has 2 N–H and O–H groups in total. The molecule has 1 saturated carbocycles. The van der Waals surface area contributed by atoms with Gasteiger partial charge in [-0.1, -0.05) is 41.9 Å². The van der Waals surface area contributed by atoms with Crippen LogP contribution in [0.3, 0.4) is 0 Å². The average Bonchev–Trinajstić information content (AvgIpc) is 3.15. The monoisotopic (exact) mass is 474 g/mol. The second-order valence-electron chi connectivity index (χ2n) is 7.75. The minimum Gasteiger partial charge on any atom is -0.371 e. The molecule has 1 unspecified atom stereocenters. The molecule has 0 radical (unpaired) electrons. The van der Waals surface area contributed by atoms with E-state index in [0.29, 0.717) is 17.9 Å². The number of aromatic nitrogens is 2. The highest BCUT2D eigenvalue weighted by Gasteiger charge is 2.34. The average molecular weight is 475 g/mol. The Balaban J connectivity index is 1.39. The third kappa shape index (κ3) is 5.67. The smallest absolute Gasteiger partial charge is 0.258 e. The molecule has 0 aliphatic heterocycles. The zero-order valence-electron chi connectivity index (χ0n) is 17.4. The van der Waals surface area contributed by atoms with E-state index in [-0.39, 0.29) is 28.8 Å². The molecule has 1 amide bonds. The van der Waals surface area contributed by atoms with Crippen molar-refractivity contribution in [2.45, 2.75) is 31.6 Å². The Hall–Kier alpha value is -2.88. The maximum Gasteiger partial charge on any atom is 0.258 e. The quantitative estimate of drug-likeness (QED) is 0.512. The number of benzene rings is 2. The first-order chi connectivity index (χ1) is 15.3. The summed E-state index contributed by atoms with van der Waals surface area (Å²) in [6.07, 6.45) is 6.15. The van der Waals surface area contributed by atoms with E-state index in [4.69, 9.17) is 16.3 Å². The SMILES string of the molecule is CS(=O)(=O)Nc1cc(Cl)cc(NC(=O)c2cnn(C3CC[C@@H]3OCc3ccccc3)c2)c1. The molecule has 8 nitrogen and oxygen atoms in total. The first kappa shape index (κ1) is 22.3. The second kappa shape index (κ2) is 9.32. The van der Waals surface area contributed by atoms with Crippen molar-refractivity contribution in [3.63, 3.8) is 0 Å². The summed E-state index contributed by atoms with van der Waals surface area (Å²) in [5, 5.41) is 7.37. The normalized spacial score (nSPS) is 18.1. The minimum atomic E-state index is -3.47. The number of ether oxygens (including phenoxy) is 1. The van der Waals surface area contributed by atoms with Gasteiger partial charge in [-0.2, -0.15) is 5.10 Å². The van der Waals surface area contributed by atoms with E-state index >= 15 is 0 Å². The summed E-state index contributed by atoms with van der Waals surface area (Å²) < 4.78 is 33.1. The second-order valence-corrected chi connectivity index (χ2v) is 9.93. The highest BCUT2D eigenvalue weighted by molar-refractivity contribution is 7.92. The van der Waals surface area contributed by atoms with Crippen LogP contribution in [0.15, 0.2) is 60.9 Å². The van der Waals surface area contributed by atoms with E-state index in [1.807, 2.05) is 30.3 Å². The van der Waals surface area contributed by atoms with Crippen molar-refractivity contribution in [2.75, 3.05) is 16.3 Å². The lowest BCUT2D eigenvalue weighted by atomic mass is 9.89. The Morgan fingerprint density at radius 1 is 1.19 bits per heavy atom. The van der Waals surface area contributed by atoms with Crippen molar-refractivity contribution >= 4 is 38.9 Å². The summed E-state index contributed by atoms with van der Waals surface area (Å²) in [7, 11) is -3.47. The fourth-order valence-electron chi connectivity index (χ4n) is 3.50. The number of anilines is 2. The van der Waals surface area contributed by atoms with Gasteiger partial charge in [0.25, 0.3) is 5.91 Å². The van der Waals surface area contributed by atoms with Gasteiger partial charge in [-0.05, 0) is 36.6 Å². The van der Waals surface area contributed by atoms with Gasteiger partial charge in [0.05, 0.1) is 42.5 Å². The van der Waals surface area contributed by atoms with E-state index in [9.17, 15) is 13.2 Å². The van der Waals surface area contributed by atoms with Crippen LogP contribution in [-0.4, -0.2) is 36.5 Å². The van der Waals surface area contributed by atoms with Crippen molar-refractivity contribution in [1.82, 2.24) is 9.78 Å². The Morgan fingerprint density at radius 2 is 1.94 bits per heavy atom. The summed E-state index contributed by atoms with van der Waals surface area (Å²) in [5.41, 5.74) is 2.13. The van der Waals surface area contributed by atoms with E-state index in [1.54, 1.807) is 10.9 Å². The van der Waals surface area contributed by atoms with Crippen LogP contribution in [-0.2, 0) is 21.4 Å². The summed E-state index contributed by atoms with van der Waals surface area (Å²) >= 11 is 6.05. The lowest BCUT2D eigenvalue weighted by Gasteiger charge is -2.36. The number of halogens is 1. The van der Waals surface area contributed by atoms with Crippen molar-refractivity contribution in [2.24, 2.45) is 0 Å². The number of hydrogen-bond donors (Lipinski definition) is 2. The molecule has 0 saturated heterocycles. The van der Waals surface area contributed by atoms with Crippen molar-refractivity contribution in [3.05, 3.63) is 77.1 Å². The lowest BCUT2D eigenvalue weighted by molar-refractivity contribution is -0.0530. The topological polar surface area (TPSA) is 102 Å². The van der Waals surface area contributed by atoms with Crippen LogP contribution in [0.25, 0.3) is 0 Å². The Kier molecular flexibility index (Phi) is 6.50. The van der Waals surface area contributed by atoms with Gasteiger partial charge in [0, 0.05) is 16.9 Å². The van der Waals surface area contributed by atoms with Crippen molar-refractivity contribution < 1.29 is 17.9 Å². The molecule has 4 rings (SSSR count). The van der Waals surface area contributed by atoms with E-state index in [0.717, 1.165) is 24.7 Å². The van der Waals surface area contributed by atoms with Gasteiger partial charge < -0.3 is 10.1 Å². The van der Waals surface area contributed by atoms with Crippen LogP contribution in [0.5, 0.6) is 0 Å². The summed E-state index contributed by atoms with van der Waals surface area (Å²) in [4.78, 5) is 12.7. The minimum absolute atomic E-state index is 0.0450. The van der Waals surface area contributed by atoms with E-state index in [2.05, 4.69) is 15.1 Å². The molecular formula is C22H23ClN4O4S. The molecule has 1 fully saturated rings. The maximum atomic E-state index is 12.7. The highest BCUT2D eigenvalue weighted by Crippen LogP contribution is 2.35. The van der Waals surface area contributed by atoms with Gasteiger partial charge in [0.15, 0.2) is 0 Å². The molecule has 0 spiro atoms. The molecule has 2 atom stereocenters. The van der Waals surface area contributed by atoms with Gasteiger partial charge in [-0.25, -0.2) is 8.42 Å². The van der Waals surface area contributed by atoms with E-state index < -0.39 is 10.0 Å². The number of amides is 1. The molecule has 32 heavy (non-hydrogen) atoms. The predicted molar refractivity (Wildman–Crippen MR) is 123 cm³/mol. The third-order valence-electron chi connectivity index (χ3n) is 5.15. The van der Waals surface area contributed by atoms with Crippen molar-refractivity contribution in [1.29, 1.82) is 0 Å². The molecule has 10 heteroatoms. The standard InChI is InChI=1S/C22H23ClN4O4S/c1-32(29,30)26-19-10-17(23)9-18(11-19)25-22(28)16-12-24-27(13-16)20-7-8-21(20)31-14-15-5-3-2-4-6-15/h2-6,9-13,20-21,26H,7-8,14H2,1H3,(H,25,28)/t20?,21-/m0/s1. The first-order valence-electron chi connectivity index (χ1n) is 10.1. The number of carbonyl (C=O) groups excluding carboxylic acids is 1. The van der Waals surface area contributed by atoms with Crippen molar-refractivity contribution in [3.8, 4) is 0 Å². The summed E-state index contributed by atoms with van der Waals surface area (Å²) in [5.74, 6) is -0.370. The Morgan fingerprint density at radius 3 is 2.62 bits per heavy atom. The number of nitrogens with zero attached hydrogens (tertiary/aromatic N) is 2. The molecule has 2 aromatic carbocycles.